The van der Waals surface area contributed by atoms with Crippen LogP contribution >= 0.6 is 0 Å². The number of rotatable bonds is 0. The van der Waals surface area contributed by atoms with Crippen LogP contribution in [0.1, 0.15) is 54.4 Å². The molecular formula is C14H24O2. The van der Waals surface area contributed by atoms with Gasteiger partial charge in [-0.05, 0) is 17.8 Å². The first-order valence-corrected chi connectivity index (χ1v) is 6.13. The van der Waals surface area contributed by atoms with Gasteiger partial charge in [0.1, 0.15) is 11.6 Å². The Morgan fingerprint density at radius 1 is 1.19 bits per heavy atom. The summed E-state index contributed by atoms with van der Waals surface area (Å²) < 4.78 is 0. The maximum Gasteiger partial charge on any atom is 0.149 e. The maximum atomic E-state index is 12.4. The minimum atomic E-state index is -0.424. The van der Waals surface area contributed by atoms with Gasteiger partial charge in [0, 0.05) is 11.8 Å². The molecular weight excluding hydrogens is 200 g/mol. The molecule has 1 aliphatic carbocycles. The van der Waals surface area contributed by atoms with E-state index in [2.05, 4.69) is 6.92 Å². The minimum Gasteiger partial charge on any atom is -0.299 e. The van der Waals surface area contributed by atoms with E-state index in [4.69, 9.17) is 0 Å². The number of hydrogen-bond donors (Lipinski definition) is 0. The van der Waals surface area contributed by atoms with Crippen LogP contribution in [-0.4, -0.2) is 11.6 Å². The summed E-state index contributed by atoms with van der Waals surface area (Å²) in [6.07, 6.45) is 1.38. The molecule has 0 amide bonds. The summed E-state index contributed by atoms with van der Waals surface area (Å²) in [5.41, 5.74) is -0.612. The average molecular weight is 224 g/mol. The first-order valence-electron chi connectivity index (χ1n) is 6.13. The van der Waals surface area contributed by atoms with Crippen molar-refractivity contribution in [2.24, 2.45) is 22.7 Å². The van der Waals surface area contributed by atoms with Crippen LogP contribution in [0.4, 0.5) is 0 Å². The van der Waals surface area contributed by atoms with Crippen molar-refractivity contribution >= 4 is 11.6 Å². The Kier molecular flexibility index (Phi) is 3.33. The third kappa shape index (κ3) is 2.53. The van der Waals surface area contributed by atoms with E-state index in [-0.39, 0.29) is 22.4 Å². The van der Waals surface area contributed by atoms with Crippen LogP contribution in [0.25, 0.3) is 0 Å². The third-order valence-electron chi connectivity index (χ3n) is 3.53. The molecule has 0 radical (unpaired) electrons. The molecule has 0 spiro atoms. The van der Waals surface area contributed by atoms with Crippen LogP contribution in [0.15, 0.2) is 0 Å². The predicted molar refractivity (Wildman–Crippen MR) is 65.1 cm³/mol. The highest BCUT2D eigenvalue weighted by molar-refractivity contribution is 6.06. The van der Waals surface area contributed by atoms with Crippen LogP contribution in [0.3, 0.4) is 0 Å². The summed E-state index contributed by atoms with van der Waals surface area (Å²) in [5, 5.41) is 0. The smallest absolute Gasteiger partial charge is 0.149 e. The van der Waals surface area contributed by atoms with E-state index in [0.717, 1.165) is 6.42 Å². The molecule has 0 aromatic carbocycles. The van der Waals surface area contributed by atoms with Gasteiger partial charge in [-0.1, -0.05) is 41.5 Å². The lowest BCUT2D eigenvalue weighted by Gasteiger charge is -2.32. The standard InChI is InChI=1S/C14H24O2/c1-9-7-10(15)11(13(2,3)4)12(16)14(5,6)8-9/h9,11H,7-8H2,1-6H3. The van der Waals surface area contributed by atoms with Crippen molar-refractivity contribution in [1.29, 1.82) is 0 Å². The highest BCUT2D eigenvalue weighted by Gasteiger charge is 2.46. The molecule has 0 aromatic rings. The second-order valence-electron chi connectivity index (χ2n) is 7.03. The van der Waals surface area contributed by atoms with Gasteiger partial charge in [0.15, 0.2) is 0 Å². The molecule has 0 aliphatic heterocycles. The molecule has 1 fully saturated rings. The van der Waals surface area contributed by atoms with Crippen LogP contribution in [-0.2, 0) is 9.59 Å². The number of hydrogen-bond acceptors (Lipinski definition) is 2. The second kappa shape index (κ2) is 3.97. The van der Waals surface area contributed by atoms with Gasteiger partial charge in [0.25, 0.3) is 0 Å². The molecule has 1 saturated carbocycles. The summed E-state index contributed by atoms with van der Waals surface area (Å²) >= 11 is 0. The Morgan fingerprint density at radius 2 is 1.69 bits per heavy atom. The van der Waals surface area contributed by atoms with Gasteiger partial charge in [-0.15, -0.1) is 0 Å². The lowest BCUT2D eigenvalue weighted by atomic mass is 9.69. The number of ketones is 2. The molecule has 0 bridgehead atoms. The lowest BCUT2D eigenvalue weighted by molar-refractivity contribution is -0.141. The van der Waals surface area contributed by atoms with Crippen molar-refractivity contribution < 1.29 is 9.59 Å². The molecule has 0 saturated heterocycles. The SMILES string of the molecule is CC1CC(=O)C(C(C)(C)C)C(=O)C(C)(C)C1. The first kappa shape index (κ1) is 13.4. The van der Waals surface area contributed by atoms with Crippen molar-refractivity contribution in [2.75, 3.05) is 0 Å². The fraction of sp³-hybridized carbons (Fsp3) is 0.857. The first-order chi connectivity index (χ1) is 7.05. The van der Waals surface area contributed by atoms with Crippen molar-refractivity contribution in [1.82, 2.24) is 0 Å². The van der Waals surface area contributed by atoms with E-state index in [9.17, 15) is 9.59 Å². The summed E-state index contributed by atoms with van der Waals surface area (Å²) in [6, 6.07) is 0. The van der Waals surface area contributed by atoms with Gasteiger partial charge in [0.05, 0.1) is 5.92 Å². The highest BCUT2D eigenvalue weighted by atomic mass is 16.2. The van der Waals surface area contributed by atoms with Gasteiger partial charge in [0.2, 0.25) is 0 Å². The third-order valence-corrected chi connectivity index (χ3v) is 3.53. The van der Waals surface area contributed by atoms with E-state index >= 15 is 0 Å². The Bertz CT molecular complexity index is 307. The molecule has 2 atom stereocenters. The fourth-order valence-corrected chi connectivity index (χ4v) is 2.92. The van der Waals surface area contributed by atoms with Crippen LogP contribution in [0.5, 0.6) is 0 Å². The van der Waals surface area contributed by atoms with Gasteiger partial charge in [-0.25, -0.2) is 0 Å². The number of carbonyl (C=O) groups is 2. The highest BCUT2D eigenvalue weighted by Crippen LogP contribution is 2.41. The molecule has 2 unspecified atom stereocenters. The van der Waals surface area contributed by atoms with Crippen LogP contribution in [0.2, 0.25) is 0 Å². The zero-order valence-corrected chi connectivity index (χ0v) is 11.4. The molecule has 16 heavy (non-hydrogen) atoms. The van der Waals surface area contributed by atoms with Crippen molar-refractivity contribution in [3.63, 3.8) is 0 Å². The summed E-state index contributed by atoms with van der Waals surface area (Å²) in [7, 11) is 0. The topological polar surface area (TPSA) is 34.1 Å². The maximum absolute atomic E-state index is 12.4. The van der Waals surface area contributed by atoms with Gasteiger partial charge >= 0.3 is 0 Å². The van der Waals surface area contributed by atoms with E-state index < -0.39 is 5.92 Å². The quantitative estimate of drug-likeness (QED) is 0.467. The molecule has 0 heterocycles. The van der Waals surface area contributed by atoms with E-state index in [0.29, 0.717) is 12.3 Å². The van der Waals surface area contributed by atoms with E-state index in [1.807, 2.05) is 34.6 Å². The Balaban J connectivity index is 3.15. The van der Waals surface area contributed by atoms with Crippen molar-refractivity contribution in [2.45, 2.75) is 54.4 Å². The molecule has 1 rings (SSSR count). The normalized spacial score (nSPS) is 31.4. The van der Waals surface area contributed by atoms with Crippen molar-refractivity contribution in [3.8, 4) is 0 Å². The van der Waals surface area contributed by atoms with E-state index in [1.165, 1.54) is 0 Å². The monoisotopic (exact) mass is 224 g/mol. The Labute approximate surface area is 98.8 Å². The zero-order valence-electron chi connectivity index (χ0n) is 11.4. The second-order valence-corrected chi connectivity index (χ2v) is 7.03. The number of Topliss-reactive ketones (excluding diaryl/α,β-unsaturated/α-hetero) is 2. The summed E-state index contributed by atoms with van der Waals surface area (Å²) in [4.78, 5) is 24.6. The van der Waals surface area contributed by atoms with Crippen molar-refractivity contribution in [3.05, 3.63) is 0 Å². The molecule has 2 heteroatoms. The molecule has 2 nitrogen and oxygen atoms in total. The van der Waals surface area contributed by atoms with Crippen LogP contribution < -0.4 is 0 Å². The summed E-state index contributed by atoms with van der Waals surface area (Å²) in [6.45, 7) is 12.0. The largest absolute Gasteiger partial charge is 0.299 e. The zero-order chi connectivity index (χ0) is 12.7. The van der Waals surface area contributed by atoms with Gasteiger partial charge in [-0.3, -0.25) is 9.59 Å². The Morgan fingerprint density at radius 3 is 2.12 bits per heavy atom. The Hall–Kier alpha value is -0.660. The van der Waals surface area contributed by atoms with Crippen LogP contribution in [0, 0.1) is 22.7 Å². The van der Waals surface area contributed by atoms with Gasteiger partial charge in [-0.2, -0.15) is 0 Å². The molecule has 1 aliphatic rings. The molecule has 0 N–H and O–H groups in total. The lowest BCUT2D eigenvalue weighted by Crippen LogP contribution is -2.40. The van der Waals surface area contributed by atoms with E-state index in [1.54, 1.807) is 0 Å². The van der Waals surface area contributed by atoms with Gasteiger partial charge < -0.3 is 0 Å². The predicted octanol–water partition coefficient (Wildman–Crippen LogP) is 3.24. The average Bonchev–Trinajstić information content (AvgIpc) is 2.04. The summed E-state index contributed by atoms with van der Waals surface area (Å²) in [5.74, 6) is 0.163. The number of carbonyl (C=O) groups excluding carboxylic acids is 2. The minimum absolute atomic E-state index is 0.134. The molecule has 92 valence electrons. The fourth-order valence-electron chi connectivity index (χ4n) is 2.92. The molecule has 0 aromatic heterocycles.